The van der Waals surface area contributed by atoms with Gasteiger partial charge in [0.2, 0.25) is 0 Å². The zero-order valence-electron chi connectivity index (χ0n) is 7.72. The maximum Gasteiger partial charge on any atom is 0.149 e. The van der Waals surface area contributed by atoms with Crippen LogP contribution in [-0.2, 0) is 9.59 Å². The van der Waals surface area contributed by atoms with Crippen molar-refractivity contribution in [3.63, 3.8) is 0 Å². The fourth-order valence-electron chi connectivity index (χ4n) is 1.60. The second-order valence-electron chi connectivity index (χ2n) is 3.75. The average molecular weight is 170 g/mol. The van der Waals surface area contributed by atoms with E-state index in [1.54, 1.807) is 0 Å². The zero-order valence-corrected chi connectivity index (χ0v) is 7.72. The first-order chi connectivity index (χ1) is 5.61. The molecule has 0 amide bonds. The molecule has 0 radical (unpaired) electrons. The molecule has 0 aromatic heterocycles. The van der Waals surface area contributed by atoms with Crippen molar-refractivity contribution in [2.75, 3.05) is 20.6 Å². The minimum absolute atomic E-state index is 0.146. The number of quaternary nitrogens is 1. The van der Waals surface area contributed by atoms with Crippen LogP contribution in [0.3, 0.4) is 0 Å². The predicted octanol–water partition coefficient (Wildman–Crippen LogP) is -0.931. The Morgan fingerprint density at radius 1 is 1.25 bits per heavy atom. The first-order valence-electron chi connectivity index (χ1n) is 4.45. The van der Waals surface area contributed by atoms with Gasteiger partial charge in [-0.15, -0.1) is 0 Å². The first-order valence-corrected chi connectivity index (χ1v) is 4.45. The molecular formula is C9H16NO2+. The van der Waals surface area contributed by atoms with E-state index in [9.17, 15) is 9.59 Å². The number of carbonyl (C=O) groups excluding carboxylic acids is 2. The highest BCUT2D eigenvalue weighted by Gasteiger charge is 2.31. The Morgan fingerprint density at radius 3 is 2.17 bits per heavy atom. The third-order valence-corrected chi connectivity index (χ3v) is 2.24. The molecular weight excluding hydrogens is 154 g/mol. The first kappa shape index (κ1) is 9.39. The van der Waals surface area contributed by atoms with Gasteiger partial charge < -0.3 is 4.90 Å². The van der Waals surface area contributed by atoms with Gasteiger partial charge in [0.15, 0.2) is 0 Å². The molecule has 1 aliphatic carbocycles. The molecule has 3 nitrogen and oxygen atoms in total. The van der Waals surface area contributed by atoms with E-state index in [1.807, 2.05) is 14.1 Å². The van der Waals surface area contributed by atoms with Crippen LogP contribution in [0.15, 0.2) is 0 Å². The molecule has 0 saturated heterocycles. The van der Waals surface area contributed by atoms with Gasteiger partial charge in [0, 0.05) is 12.8 Å². The summed E-state index contributed by atoms with van der Waals surface area (Å²) in [6.45, 7) is 0.664. The van der Waals surface area contributed by atoms with Crippen LogP contribution in [0, 0.1) is 5.92 Å². The van der Waals surface area contributed by atoms with Gasteiger partial charge >= 0.3 is 0 Å². The van der Waals surface area contributed by atoms with E-state index in [1.165, 1.54) is 4.90 Å². The van der Waals surface area contributed by atoms with Gasteiger partial charge in [-0.05, 0) is 6.42 Å². The molecule has 1 aliphatic rings. The molecule has 0 aromatic rings. The van der Waals surface area contributed by atoms with Crippen LogP contribution in [0.25, 0.3) is 0 Å². The van der Waals surface area contributed by atoms with E-state index in [0.717, 1.165) is 6.42 Å². The Bertz CT molecular complexity index is 183. The summed E-state index contributed by atoms with van der Waals surface area (Å²) in [7, 11) is 3.93. The Hall–Kier alpha value is -0.700. The summed E-state index contributed by atoms with van der Waals surface area (Å²) in [4.78, 5) is 23.8. The van der Waals surface area contributed by atoms with Gasteiger partial charge in [0.25, 0.3) is 0 Å². The van der Waals surface area contributed by atoms with Crippen LogP contribution >= 0.6 is 0 Å². The quantitative estimate of drug-likeness (QED) is 0.544. The van der Waals surface area contributed by atoms with Crippen LogP contribution in [0.4, 0.5) is 0 Å². The molecule has 0 unspecified atom stereocenters. The molecule has 1 saturated carbocycles. The number of hydrogen-bond donors (Lipinski definition) is 1. The van der Waals surface area contributed by atoms with Crippen molar-refractivity contribution in [3.8, 4) is 0 Å². The predicted molar refractivity (Wildman–Crippen MR) is 45.0 cm³/mol. The summed E-state index contributed by atoms with van der Waals surface area (Å²) < 4.78 is 0. The summed E-state index contributed by atoms with van der Waals surface area (Å²) in [6, 6.07) is 0. The molecule has 0 aromatic carbocycles. The molecule has 0 aliphatic heterocycles. The fourth-order valence-corrected chi connectivity index (χ4v) is 1.60. The molecule has 0 bridgehead atoms. The van der Waals surface area contributed by atoms with Crippen LogP contribution in [-0.4, -0.2) is 32.2 Å². The van der Waals surface area contributed by atoms with Crippen molar-refractivity contribution in [1.29, 1.82) is 0 Å². The molecule has 12 heavy (non-hydrogen) atoms. The highest BCUT2D eigenvalue weighted by atomic mass is 16.2. The van der Waals surface area contributed by atoms with Crippen molar-refractivity contribution in [3.05, 3.63) is 0 Å². The number of Topliss-reactive ketones (excluding diaryl/α,β-unsaturated/α-hetero) is 2. The van der Waals surface area contributed by atoms with E-state index in [4.69, 9.17) is 0 Å². The van der Waals surface area contributed by atoms with Gasteiger partial charge in [-0.25, -0.2) is 0 Å². The molecule has 1 N–H and O–H groups in total. The second kappa shape index (κ2) is 3.81. The van der Waals surface area contributed by atoms with Crippen LogP contribution < -0.4 is 4.90 Å². The lowest BCUT2D eigenvalue weighted by molar-refractivity contribution is -0.859. The summed E-state index contributed by atoms with van der Waals surface area (Å²) >= 11 is 0. The summed E-state index contributed by atoms with van der Waals surface area (Å²) in [5.41, 5.74) is 0. The number of ketones is 2. The largest absolute Gasteiger partial charge is 0.339 e. The summed E-state index contributed by atoms with van der Waals surface area (Å²) in [5, 5.41) is 0. The average Bonchev–Trinajstić information content (AvgIpc) is 1.97. The SMILES string of the molecule is C[NH+](C)CC1C(=O)CCCC1=O. The normalized spacial score (nSPS) is 20.6. The van der Waals surface area contributed by atoms with Gasteiger partial charge in [-0.1, -0.05) is 0 Å². The van der Waals surface area contributed by atoms with E-state index in [0.29, 0.717) is 19.4 Å². The highest BCUT2D eigenvalue weighted by molar-refractivity contribution is 6.04. The van der Waals surface area contributed by atoms with Crippen LogP contribution in [0.1, 0.15) is 19.3 Å². The van der Waals surface area contributed by atoms with Crippen molar-refractivity contribution < 1.29 is 14.5 Å². The number of nitrogens with one attached hydrogen (secondary N) is 1. The minimum Gasteiger partial charge on any atom is -0.339 e. The number of rotatable bonds is 2. The summed E-state index contributed by atoms with van der Waals surface area (Å²) in [6.07, 6.45) is 1.96. The van der Waals surface area contributed by atoms with Gasteiger partial charge in [-0.3, -0.25) is 9.59 Å². The van der Waals surface area contributed by atoms with Crippen molar-refractivity contribution >= 4 is 11.6 Å². The maximum absolute atomic E-state index is 11.3. The lowest BCUT2D eigenvalue weighted by atomic mass is 9.86. The number of hydrogen-bond acceptors (Lipinski definition) is 2. The molecule has 68 valence electrons. The van der Waals surface area contributed by atoms with Crippen molar-refractivity contribution in [2.45, 2.75) is 19.3 Å². The molecule has 1 fully saturated rings. The Kier molecular flexibility index (Phi) is 2.98. The topological polar surface area (TPSA) is 38.6 Å². The third kappa shape index (κ3) is 2.14. The minimum atomic E-state index is -0.302. The van der Waals surface area contributed by atoms with E-state index in [2.05, 4.69) is 0 Å². The second-order valence-corrected chi connectivity index (χ2v) is 3.75. The van der Waals surface area contributed by atoms with E-state index < -0.39 is 0 Å². The standard InChI is InChI=1S/C9H15NO2/c1-10(2)6-7-8(11)4-3-5-9(7)12/h7H,3-6H2,1-2H3/p+1. The fraction of sp³-hybridized carbons (Fsp3) is 0.778. The monoisotopic (exact) mass is 170 g/mol. The van der Waals surface area contributed by atoms with Crippen LogP contribution in [0.2, 0.25) is 0 Å². The molecule has 3 heteroatoms. The smallest absolute Gasteiger partial charge is 0.149 e. The molecule has 0 heterocycles. The van der Waals surface area contributed by atoms with Crippen LogP contribution in [0.5, 0.6) is 0 Å². The molecule has 1 rings (SSSR count). The van der Waals surface area contributed by atoms with E-state index in [-0.39, 0.29) is 17.5 Å². The van der Waals surface area contributed by atoms with E-state index >= 15 is 0 Å². The van der Waals surface area contributed by atoms with Crippen molar-refractivity contribution in [2.24, 2.45) is 5.92 Å². The molecule has 0 atom stereocenters. The Labute approximate surface area is 72.7 Å². The van der Waals surface area contributed by atoms with Gasteiger partial charge in [0.05, 0.1) is 20.6 Å². The molecule has 0 spiro atoms. The maximum atomic E-state index is 11.3. The lowest BCUT2D eigenvalue weighted by Gasteiger charge is -2.20. The lowest BCUT2D eigenvalue weighted by Crippen LogP contribution is -3.06. The van der Waals surface area contributed by atoms with Gasteiger partial charge in [0.1, 0.15) is 17.5 Å². The zero-order chi connectivity index (χ0) is 9.14. The summed E-state index contributed by atoms with van der Waals surface area (Å²) in [5.74, 6) is -0.0105. The number of carbonyl (C=O) groups is 2. The third-order valence-electron chi connectivity index (χ3n) is 2.24. The Morgan fingerprint density at radius 2 is 1.75 bits per heavy atom. The Balaban J connectivity index is 2.57. The van der Waals surface area contributed by atoms with Crippen molar-refractivity contribution in [1.82, 2.24) is 0 Å². The highest BCUT2D eigenvalue weighted by Crippen LogP contribution is 2.15. The van der Waals surface area contributed by atoms with Gasteiger partial charge in [-0.2, -0.15) is 0 Å².